The van der Waals surface area contributed by atoms with Crippen molar-refractivity contribution in [3.63, 3.8) is 0 Å². The fraction of sp³-hybridized carbons (Fsp3) is 0.263. The Morgan fingerprint density at radius 3 is 2.52 bits per heavy atom. The van der Waals surface area contributed by atoms with E-state index in [-0.39, 0.29) is 12.5 Å². The van der Waals surface area contributed by atoms with Gasteiger partial charge in [0.25, 0.3) is 0 Å². The van der Waals surface area contributed by atoms with Crippen LogP contribution in [-0.2, 0) is 16.1 Å². The Labute approximate surface area is 154 Å². The minimum atomic E-state index is -1.26. The third-order valence-corrected chi connectivity index (χ3v) is 4.97. The van der Waals surface area contributed by atoms with Crippen LogP contribution in [0, 0.1) is 0 Å². The highest BCUT2D eigenvalue weighted by atomic mass is 79.9. The lowest BCUT2D eigenvalue weighted by Crippen LogP contribution is -2.61. The van der Waals surface area contributed by atoms with Gasteiger partial charge in [0.1, 0.15) is 12.1 Å². The van der Waals surface area contributed by atoms with Gasteiger partial charge in [0.2, 0.25) is 0 Å². The van der Waals surface area contributed by atoms with Gasteiger partial charge in [-0.2, -0.15) is 0 Å². The summed E-state index contributed by atoms with van der Waals surface area (Å²) in [5, 5.41) is 12.1. The van der Waals surface area contributed by atoms with Gasteiger partial charge in [-0.15, -0.1) is 0 Å². The van der Waals surface area contributed by atoms with Crippen LogP contribution in [0.25, 0.3) is 0 Å². The highest BCUT2D eigenvalue weighted by molar-refractivity contribution is 9.10. The fourth-order valence-electron chi connectivity index (χ4n) is 3.06. The predicted octanol–water partition coefficient (Wildman–Crippen LogP) is 4.08. The highest BCUT2D eigenvalue weighted by Gasteiger charge is 2.52. The summed E-state index contributed by atoms with van der Waals surface area (Å²) in [5.74, 6) is -0.932. The normalized spacial score (nSPS) is 21.9. The number of aliphatic carboxylic acids is 1. The Hall–Kier alpha value is -2.34. The minimum Gasteiger partial charge on any atom is -0.480 e. The second kappa shape index (κ2) is 7.27. The largest absolute Gasteiger partial charge is 0.480 e. The average Bonchev–Trinajstić information content (AvgIpc) is 2.56. The molecular formula is C19H18BrNO4. The molecule has 1 fully saturated rings. The molecule has 1 aliphatic rings. The molecule has 25 heavy (non-hydrogen) atoms. The monoisotopic (exact) mass is 403 g/mol. The quantitative estimate of drug-likeness (QED) is 0.788. The van der Waals surface area contributed by atoms with Crippen molar-refractivity contribution in [2.24, 2.45) is 0 Å². The molecule has 1 amide bonds. The number of hydrogen-bond donors (Lipinski definition) is 2. The van der Waals surface area contributed by atoms with Crippen LogP contribution in [-0.4, -0.2) is 22.7 Å². The predicted molar refractivity (Wildman–Crippen MR) is 96.2 cm³/mol. The maximum absolute atomic E-state index is 12.0. The summed E-state index contributed by atoms with van der Waals surface area (Å²) in [5.41, 5.74) is 0.647. The molecule has 0 heterocycles. The van der Waals surface area contributed by atoms with Crippen molar-refractivity contribution in [3.8, 4) is 0 Å². The molecule has 0 aromatic heterocycles. The van der Waals surface area contributed by atoms with Gasteiger partial charge in [0, 0.05) is 4.47 Å². The summed E-state index contributed by atoms with van der Waals surface area (Å²) >= 11 is 3.42. The van der Waals surface area contributed by atoms with E-state index in [1.165, 1.54) is 0 Å². The number of nitrogens with one attached hydrogen (secondary N) is 1. The van der Waals surface area contributed by atoms with Crippen LogP contribution in [0.15, 0.2) is 59.1 Å². The van der Waals surface area contributed by atoms with E-state index in [0.29, 0.717) is 12.8 Å². The molecule has 3 rings (SSSR count). The molecule has 0 spiro atoms. The number of ether oxygens (including phenoxy) is 1. The zero-order valence-electron chi connectivity index (χ0n) is 13.4. The molecule has 0 bridgehead atoms. The maximum atomic E-state index is 12.0. The van der Waals surface area contributed by atoms with Crippen LogP contribution in [0.3, 0.4) is 0 Å². The molecule has 0 saturated heterocycles. The molecule has 0 aliphatic heterocycles. The lowest BCUT2D eigenvalue weighted by atomic mass is 9.65. The number of amides is 1. The van der Waals surface area contributed by atoms with Crippen LogP contribution in [0.4, 0.5) is 4.79 Å². The molecule has 5 nitrogen and oxygen atoms in total. The number of carbonyl (C=O) groups excluding carboxylic acids is 1. The molecule has 2 aromatic rings. The molecule has 2 aromatic carbocycles. The summed E-state index contributed by atoms with van der Waals surface area (Å²) in [6, 6.07) is 17.0. The second-order valence-corrected chi connectivity index (χ2v) is 7.15. The van der Waals surface area contributed by atoms with E-state index < -0.39 is 17.6 Å². The van der Waals surface area contributed by atoms with E-state index in [1.54, 1.807) is 0 Å². The number of halogens is 1. The molecule has 1 saturated carbocycles. The second-order valence-electron chi connectivity index (χ2n) is 6.23. The SMILES string of the molecule is O=C(NC1(C(=O)O)CC(c2cccc(Br)c2)C1)OCc1ccccc1. The van der Waals surface area contributed by atoms with Gasteiger partial charge in [0.05, 0.1) is 0 Å². The molecule has 0 atom stereocenters. The van der Waals surface area contributed by atoms with Crippen LogP contribution in [0.2, 0.25) is 0 Å². The first kappa shape index (κ1) is 17.5. The maximum Gasteiger partial charge on any atom is 0.408 e. The Balaban J connectivity index is 1.59. The summed E-state index contributed by atoms with van der Waals surface area (Å²) < 4.78 is 6.10. The van der Waals surface area contributed by atoms with Crippen LogP contribution in [0.5, 0.6) is 0 Å². The lowest BCUT2D eigenvalue weighted by molar-refractivity contribution is -0.149. The van der Waals surface area contributed by atoms with Crippen molar-refractivity contribution < 1.29 is 19.4 Å². The highest BCUT2D eigenvalue weighted by Crippen LogP contribution is 2.45. The number of benzene rings is 2. The number of carboxylic acids is 1. The van der Waals surface area contributed by atoms with Crippen molar-refractivity contribution in [1.29, 1.82) is 0 Å². The van der Waals surface area contributed by atoms with Crippen molar-refractivity contribution in [1.82, 2.24) is 5.32 Å². The van der Waals surface area contributed by atoms with Gasteiger partial charge in [0.15, 0.2) is 0 Å². The van der Waals surface area contributed by atoms with E-state index in [0.717, 1.165) is 15.6 Å². The third-order valence-electron chi connectivity index (χ3n) is 4.47. The zero-order valence-corrected chi connectivity index (χ0v) is 15.0. The molecule has 0 radical (unpaired) electrons. The summed E-state index contributed by atoms with van der Waals surface area (Å²) in [6.45, 7) is 0.109. The molecular weight excluding hydrogens is 386 g/mol. The van der Waals surface area contributed by atoms with E-state index in [1.807, 2.05) is 54.6 Å². The van der Waals surface area contributed by atoms with E-state index in [2.05, 4.69) is 21.2 Å². The van der Waals surface area contributed by atoms with E-state index in [9.17, 15) is 14.7 Å². The fourth-order valence-corrected chi connectivity index (χ4v) is 3.48. The first-order chi connectivity index (χ1) is 12.0. The molecule has 6 heteroatoms. The number of rotatable bonds is 5. The summed E-state index contributed by atoms with van der Waals surface area (Å²) in [4.78, 5) is 23.7. The Kier molecular flexibility index (Phi) is 5.08. The summed E-state index contributed by atoms with van der Waals surface area (Å²) in [7, 11) is 0. The van der Waals surface area contributed by atoms with Gasteiger partial charge in [-0.3, -0.25) is 0 Å². The zero-order chi connectivity index (χ0) is 17.9. The van der Waals surface area contributed by atoms with Crippen LogP contribution in [0.1, 0.15) is 29.9 Å². The first-order valence-electron chi connectivity index (χ1n) is 7.96. The van der Waals surface area contributed by atoms with Crippen molar-refractivity contribution in [2.45, 2.75) is 30.9 Å². The third kappa shape index (κ3) is 4.02. The number of carboxylic acid groups (broad SMARTS) is 1. The van der Waals surface area contributed by atoms with Crippen LogP contribution < -0.4 is 5.32 Å². The Morgan fingerprint density at radius 1 is 1.16 bits per heavy atom. The van der Waals surface area contributed by atoms with Crippen LogP contribution >= 0.6 is 15.9 Å². The van der Waals surface area contributed by atoms with Gasteiger partial charge in [-0.1, -0.05) is 58.4 Å². The van der Waals surface area contributed by atoms with Crippen molar-refractivity contribution >= 4 is 28.0 Å². The van der Waals surface area contributed by atoms with E-state index >= 15 is 0 Å². The Bertz CT molecular complexity index is 772. The number of carbonyl (C=O) groups is 2. The standard InChI is InChI=1S/C19H18BrNO4/c20-16-8-4-7-14(9-16)15-10-19(11-15,17(22)23)21-18(24)25-12-13-5-2-1-3-6-13/h1-9,15H,10-12H2,(H,21,24)(H,22,23). The van der Waals surface area contributed by atoms with Gasteiger partial charge in [-0.25, -0.2) is 9.59 Å². The van der Waals surface area contributed by atoms with Crippen molar-refractivity contribution in [3.05, 3.63) is 70.2 Å². The first-order valence-corrected chi connectivity index (χ1v) is 8.75. The molecule has 2 N–H and O–H groups in total. The molecule has 130 valence electrons. The smallest absolute Gasteiger partial charge is 0.408 e. The van der Waals surface area contributed by atoms with Gasteiger partial charge < -0.3 is 15.2 Å². The van der Waals surface area contributed by atoms with Gasteiger partial charge in [-0.05, 0) is 42.0 Å². The van der Waals surface area contributed by atoms with E-state index in [4.69, 9.17) is 4.74 Å². The summed E-state index contributed by atoms with van der Waals surface area (Å²) in [6.07, 6.45) is -0.0164. The lowest BCUT2D eigenvalue weighted by Gasteiger charge is -2.44. The number of alkyl carbamates (subject to hydrolysis) is 1. The topological polar surface area (TPSA) is 75.6 Å². The molecule has 0 unspecified atom stereocenters. The molecule has 1 aliphatic carbocycles. The Morgan fingerprint density at radius 2 is 1.88 bits per heavy atom. The minimum absolute atomic E-state index is 0.100. The van der Waals surface area contributed by atoms with Crippen molar-refractivity contribution in [2.75, 3.05) is 0 Å². The average molecular weight is 404 g/mol. The number of hydrogen-bond acceptors (Lipinski definition) is 3. The van der Waals surface area contributed by atoms with Gasteiger partial charge >= 0.3 is 12.1 Å².